The van der Waals surface area contributed by atoms with Crippen LogP contribution in [0.4, 0.5) is 0 Å². The molecule has 0 aromatic heterocycles. The zero-order valence-corrected chi connectivity index (χ0v) is 16.8. The van der Waals surface area contributed by atoms with Crippen LogP contribution in [0, 0.1) is 0 Å². The number of hydrogen-bond donors (Lipinski definition) is 0. The van der Waals surface area contributed by atoms with E-state index in [1.165, 1.54) is 109 Å². The van der Waals surface area contributed by atoms with Gasteiger partial charge in [-0.1, -0.05) is 97.3 Å². The first-order valence-corrected chi connectivity index (χ1v) is 11.0. The van der Waals surface area contributed by atoms with E-state index >= 15 is 0 Å². The fraction of sp³-hybridized carbons (Fsp3) is 0.909. The molecule has 0 aliphatic carbocycles. The van der Waals surface area contributed by atoms with Crippen LogP contribution in [0.2, 0.25) is 0 Å². The molecule has 1 rings (SSSR count). The minimum atomic E-state index is 1.13. The van der Waals surface area contributed by atoms with Crippen molar-refractivity contribution in [3.8, 4) is 0 Å². The van der Waals surface area contributed by atoms with Crippen LogP contribution in [0.3, 0.4) is 0 Å². The third-order valence-electron chi connectivity index (χ3n) is 5.20. The van der Waals surface area contributed by atoms with Crippen molar-refractivity contribution in [2.75, 3.05) is 19.8 Å². The molecule has 0 aromatic carbocycles. The smallest absolute Gasteiger partial charge is 0.0893 e. The van der Waals surface area contributed by atoms with E-state index in [9.17, 15) is 0 Å². The second kappa shape index (κ2) is 15.8. The summed E-state index contributed by atoms with van der Waals surface area (Å²) in [6.45, 7) is 8.21. The van der Waals surface area contributed by atoms with Gasteiger partial charge in [0.15, 0.2) is 0 Å². The molecule has 0 aromatic rings. The maximum absolute atomic E-state index is 2.50. The summed E-state index contributed by atoms with van der Waals surface area (Å²) in [5, 5.41) is 0. The lowest BCUT2D eigenvalue weighted by Gasteiger charge is -2.21. The van der Waals surface area contributed by atoms with Crippen LogP contribution in [-0.4, -0.2) is 29.6 Å². The summed E-state index contributed by atoms with van der Waals surface area (Å²) in [4.78, 5) is 4.99. The van der Waals surface area contributed by atoms with E-state index in [1.54, 1.807) is 0 Å². The predicted octanol–water partition coefficient (Wildman–Crippen LogP) is 6.92. The first-order chi connectivity index (χ1) is 11.9. The molecule has 142 valence electrons. The van der Waals surface area contributed by atoms with E-state index in [-0.39, 0.29) is 0 Å². The summed E-state index contributed by atoms with van der Waals surface area (Å²) < 4.78 is 0. The Kier molecular flexibility index (Phi) is 14.1. The van der Waals surface area contributed by atoms with Gasteiger partial charge < -0.3 is 9.80 Å². The average Bonchev–Trinajstić information content (AvgIpc) is 3.04. The summed E-state index contributed by atoms with van der Waals surface area (Å²) in [6.07, 6.45) is 25.8. The molecular formula is C22H44N2. The molecule has 24 heavy (non-hydrogen) atoms. The van der Waals surface area contributed by atoms with Crippen LogP contribution >= 0.6 is 0 Å². The zero-order chi connectivity index (χ0) is 17.3. The van der Waals surface area contributed by atoms with Crippen molar-refractivity contribution in [2.24, 2.45) is 0 Å². The summed E-state index contributed by atoms with van der Waals surface area (Å²) in [6, 6.07) is 0. The predicted molar refractivity (Wildman–Crippen MR) is 108 cm³/mol. The number of nitrogens with zero attached hydrogens (tertiary/aromatic N) is 2. The summed E-state index contributed by atoms with van der Waals surface area (Å²) in [5.41, 5.74) is 0. The van der Waals surface area contributed by atoms with Crippen LogP contribution < -0.4 is 0 Å². The molecule has 0 amide bonds. The minimum absolute atomic E-state index is 1.13. The van der Waals surface area contributed by atoms with Gasteiger partial charge in [-0.05, 0) is 12.8 Å². The summed E-state index contributed by atoms with van der Waals surface area (Å²) in [5.74, 6) is 0. The molecule has 0 spiro atoms. The normalized spacial score (nSPS) is 14.1. The van der Waals surface area contributed by atoms with Crippen LogP contribution in [0.5, 0.6) is 0 Å². The van der Waals surface area contributed by atoms with E-state index in [2.05, 4.69) is 36.0 Å². The van der Waals surface area contributed by atoms with Crippen LogP contribution in [0.25, 0.3) is 0 Å². The molecule has 0 fully saturated rings. The van der Waals surface area contributed by atoms with Gasteiger partial charge >= 0.3 is 0 Å². The highest BCUT2D eigenvalue weighted by atomic mass is 15.3. The highest BCUT2D eigenvalue weighted by Gasteiger charge is 2.10. The van der Waals surface area contributed by atoms with Gasteiger partial charge in [0, 0.05) is 25.5 Å². The van der Waals surface area contributed by atoms with E-state index < -0.39 is 0 Å². The van der Waals surface area contributed by atoms with Gasteiger partial charge in [-0.3, -0.25) is 0 Å². The van der Waals surface area contributed by atoms with Gasteiger partial charge in [-0.25, -0.2) is 0 Å². The lowest BCUT2D eigenvalue weighted by atomic mass is 10.1. The van der Waals surface area contributed by atoms with Gasteiger partial charge in [0.05, 0.1) is 6.67 Å². The molecule has 1 heterocycles. The highest BCUT2D eigenvalue weighted by molar-refractivity contribution is 4.90. The number of rotatable bonds is 17. The van der Waals surface area contributed by atoms with Crippen LogP contribution in [0.15, 0.2) is 12.4 Å². The Morgan fingerprint density at radius 2 is 0.833 bits per heavy atom. The zero-order valence-electron chi connectivity index (χ0n) is 16.8. The Hall–Kier alpha value is -0.660. The molecule has 2 nitrogen and oxygen atoms in total. The van der Waals surface area contributed by atoms with Crippen molar-refractivity contribution in [3.63, 3.8) is 0 Å². The largest absolute Gasteiger partial charge is 0.359 e. The SMILES string of the molecule is CCCCCCCCCCCN1C=CN(CCCCCCCC)C1. The lowest BCUT2D eigenvalue weighted by molar-refractivity contribution is 0.257. The molecule has 0 saturated carbocycles. The first kappa shape index (κ1) is 21.4. The fourth-order valence-corrected chi connectivity index (χ4v) is 3.53. The summed E-state index contributed by atoms with van der Waals surface area (Å²) in [7, 11) is 0. The van der Waals surface area contributed by atoms with Crippen LogP contribution in [-0.2, 0) is 0 Å². The maximum Gasteiger partial charge on any atom is 0.0893 e. The Labute approximate surface area is 152 Å². The van der Waals surface area contributed by atoms with Crippen molar-refractivity contribution in [1.29, 1.82) is 0 Å². The molecule has 0 saturated heterocycles. The van der Waals surface area contributed by atoms with Gasteiger partial charge in [0.1, 0.15) is 0 Å². The van der Waals surface area contributed by atoms with Crippen molar-refractivity contribution < 1.29 is 0 Å². The lowest BCUT2D eigenvalue weighted by Crippen LogP contribution is -2.26. The van der Waals surface area contributed by atoms with Crippen molar-refractivity contribution >= 4 is 0 Å². The molecular weight excluding hydrogens is 292 g/mol. The average molecular weight is 337 g/mol. The van der Waals surface area contributed by atoms with Gasteiger partial charge in [0.2, 0.25) is 0 Å². The number of hydrogen-bond acceptors (Lipinski definition) is 2. The van der Waals surface area contributed by atoms with E-state index in [4.69, 9.17) is 0 Å². The second-order valence-corrected chi connectivity index (χ2v) is 7.66. The second-order valence-electron chi connectivity index (χ2n) is 7.66. The Morgan fingerprint density at radius 3 is 1.21 bits per heavy atom. The third-order valence-corrected chi connectivity index (χ3v) is 5.20. The van der Waals surface area contributed by atoms with Crippen molar-refractivity contribution in [3.05, 3.63) is 12.4 Å². The Balaban J connectivity index is 1.84. The molecule has 1 aliphatic heterocycles. The summed E-state index contributed by atoms with van der Waals surface area (Å²) >= 11 is 0. The molecule has 0 N–H and O–H groups in total. The standard InChI is InChI=1S/C22H44N2/c1-3-5-7-9-11-12-13-15-17-19-24-21-20-23(22-24)18-16-14-10-8-6-4-2/h20-21H,3-19,22H2,1-2H3. The van der Waals surface area contributed by atoms with E-state index in [1.807, 2.05) is 0 Å². The fourth-order valence-electron chi connectivity index (χ4n) is 3.53. The topological polar surface area (TPSA) is 6.48 Å². The Bertz CT molecular complexity index is 288. The van der Waals surface area contributed by atoms with E-state index in [0.717, 1.165) is 6.67 Å². The van der Waals surface area contributed by atoms with Crippen molar-refractivity contribution in [1.82, 2.24) is 9.80 Å². The van der Waals surface area contributed by atoms with Gasteiger partial charge in [0.25, 0.3) is 0 Å². The monoisotopic (exact) mass is 336 g/mol. The Morgan fingerprint density at radius 1 is 0.500 bits per heavy atom. The highest BCUT2D eigenvalue weighted by Crippen LogP contribution is 2.13. The van der Waals surface area contributed by atoms with Crippen LogP contribution in [0.1, 0.15) is 110 Å². The molecule has 0 radical (unpaired) electrons. The molecule has 0 bridgehead atoms. The third kappa shape index (κ3) is 11.8. The molecule has 0 unspecified atom stereocenters. The van der Waals surface area contributed by atoms with E-state index in [0.29, 0.717) is 0 Å². The molecule has 1 aliphatic rings. The first-order valence-electron chi connectivity index (χ1n) is 11.0. The molecule has 0 atom stereocenters. The van der Waals surface area contributed by atoms with Gasteiger partial charge in [-0.15, -0.1) is 0 Å². The maximum atomic E-state index is 2.50. The minimum Gasteiger partial charge on any atom is -0.359 e. The quantitative estimate of drug-likeness (QED) is 0.266. The number of unbranched alkanes of at least 4 members (excludes halogenated alkanes) is 13. The van der Waals surface area contributed by atoms with Gasteiger partial charge in [-0.2, -0.15) is 0 Å². The van der Waals surface area contributed by atoms with Crippen molar-refractivity contribution in [2.45, 2.75) is 110 Å². The molecule has 2 heteroatoms.